The van der Waals surface area contributed by atoms with E-state index in [1.165, 1.54) is 44.4 Å². The van der Waals surface area contributed by atoms with E-state index in [1.807, 2.05) is 20.8 Å². The number of ether oxygens (including phenoxy) is 1. The predicted molar refractivity (Wildman–Crippen MR) is 183 cm³/mol. The van der Waals surface area contributed by atoms with Crippen molar-refractivity contribution in [3.05, 3.63) is 77.3 Å². The van der Waals surface area contributed by atoms with Crippen molar-refractivity contribution in [2.24, 2.45) is 21.6 Å². The van der Waals surface area contributed by atoms with Crippen LogP contribution in [0.25, 0.3) is 22.5 Å². The van der Waals surface area contributed by atoms with Crippen molar-refractivity contribution in [2.45, 2.75) is 78.6 Å². The summed E-state index contributed by atoms with van der Waals surface area (Å²) in [5, 5.41) is 7.54. The minimum atomic E-state index is -2.98. The van der Waals surface area contributed by atoms with Gasteiger partial charge in [-0.15, -0.1) is 5.10 Å². The first kappa shape index (κ1) is 39.3. The van der Waals surface area contributed by atoms with Crippen LogP contribution in [0.15, 0.2) is 66.2 Å². The first-order chi connectivity index (χ1) is 24.7. The molecule has 0 bridgehead atoms. The highest BCUT2D eigenvalue weighted by molar-refractivity contribution is 6.33. The maximum absolute atomic E-state index is 14.9. The monoisotopic (exact) mass is 766 g/mol. The summed E-state index contributed by atoms with van der Waals surface area (Å²) in [7, 11) is 0. The van der Waals surface area contributed by atoms with Gasteiger partial charge in [-0.3, -0.25) is 14.5 Å². The van der Waals surface area contributed by atoms with Gasteiger partial charge < -0.3 is 10.5 Å². The normalized spacial score (nSPS) is 17.3. The molecule has 2 aromatic carbocycles. The van der Waals surface area contributed by atoms with Gasteiger partial charge in [-0.25, -0.2) is 23.4 Å². The Morgan fingerprint density at radius 3 is 2.19 bits per heavy atom. The number of hydrogen-bond acceptors (Lipinski definition) is 8. The quantitative estimate of drug-likeness (QED) is 0.108. The Balaban J connectivity index is 1.57. The number of nitrogens with two attached hydrogens (primary N) is 1. The van der Waals surface area contributed by atoms with Gasteiger partial charge in [0.25, 0.3) is 5.91 Å². The Labute approximate surface area is 305 Å². The molecule has 5 rings (SSSR count). The highest BCUT2D eigenvalue weighted by atomic mass is 35.5. The van der Waals surface area contributed by atoms with Crippen molar-refractivity contribution in [3.63, 3.8) is 0 Å². The predicted octanol–water partition coefficient (Wildman–Crippen LogP) is 8.01. The Morgan fingerprint density at radius 2 is 1.62 bits per heavy atom. The molecule has 0 unspecified atom stereocenters. The van der Waals surface area contributed by atoms with Crippen molar-refractivity contribution in [1.29, 1.82) is 0 Å². The molecule has 0 fully saturated rings. The fourth-order valence-corrected chi connectivity index (χ4v) is 6.21. The lowest BCUT2D eigenvalue weighted by Gasteiger charge is -2.35. The topological polar surface area (TPSA) is 134 Å². The average Bonchev–Trinajstić information content (AvgIpc) is 3.81. The number of benzene rings is 2. The van der Waals surface area contributed by atoms with Gasteiger partial charge in [0.15, 0.2) is 17.3 Å². The first-order valence-corrected chi connectivity index (χ1v) is 16.7. The number of guanidine groups is 1. The molecule has 0 saturated carbocycles. The lowest BCUT2D eigenvalue weighted by molar-refractivity contribution is -0.152. The molecule has 1 amide bonds. The number of halogens is 7. The molecule has 2 aromatic heterocycles. The molecule has 3 heterocycles. The van der Waals surface area contributed by atoms with Crippen molar-refractivity contribution < 1.29 is 40.7 Å². The van der Waals surface area contributed by atoms with Crippen molar-refractivity contribution in [3.8, 4) is 22.5 Å². The second-order valence-corrected chi connectivity index (χ2v) is 14.9. The van der Waals surface area contributed by atoms with E-state index in [0.717, 1.165) is 11.2 Å². The van der Waals surface area contributed by atoms with Crippen LogP contribution < -0.4 is 5.73 Å². The van der Waals surface area contributed by atoms with E-state index in [4.69, 9.17) is 27.1 Å². The largest absolute Gasteiger partial charge is 0.463 e. The molecule has 1 aliphatic heterocycles. The van der Waals surface area contributed by atoms with Crippen LogP contribution in [0.1, 0.15) is 77.7 Å². The van der Waals surface area contributed by atoms with E-state index in [2.05, 4.69) is 15.2 Å². The average molecular weight is 767 g/mol. The van der Waals surface area contributed by atoms with Crippen LogP contribution >= 0.6 is 11.6 Å². The van der Waals surface area contributed by atoms with E-state index < -0.39 is 66.8 Å². The number of hydrogen-bond donors (Lipinski definition) is 1. The van der Waals surface area contributed by atoms with E-state index in [9.17, 15) is 35.9 Å². The van der Waals surface area contributed by atoms with Crippen LogP contribution in [0.5, 0.6) is 0 Å². The second-order valence-electron chi connectivity index (χ2n) is 14.5. The van der Waals surface area contributed by atoms with Crippen LogP contribution in [-0.4, -0.2) is 60.3 Å². The lowest BCUT2D eigenvalue weighted by atomic mass is 9.75. The van der Waals surface area contributed by atoms with Gasteiger partial charge in [-0.05, 0) is 40.7 Å². The number of aliphatic imine (C=N–C) groups is 1. The molecule has 0 aliphatic carbocycles. The Hall–Kier alpha value is -4.93. The second kappa shape index (κ2) is 14.8. The highest BCUT2D eigenvalue weighted by Gasteiger charge is 2.53. The van der Waals surface area contributed by atoms with E-state index in [1.54, 1.807) is 24.3 Å². The first-order valence-electron chi connectivity index (χ1n) is 16.3. The summed E-state index contributed by atoms with van der Waals surface area (Å²) in [5.41, 5.74) is 4.40. The minimum absolute atomic E-state index is 0.0749. The van der Waals surface area contributed by atoms with Crippen LogP contribution in [0.3, 0.4) is 0 Å². The summed E-state index contributed by atoms with van der Waals surface area (Å²) < 4.78 is 86.6. The van der Waals surface area contributed by atoms with Crippen molar-refractivity contribution in [2.75, 3.05) is 6.61 Å². The summed E-state index contributed by atoms with van der Waals surface area (Å²) in [4.78, 5) is 37.6. The molecule has 0 radical (unpaired) electrons. The maximum atomic E-state index is 14.9. The molecule has 2 N–H and O–H groups in total. The highest BCUT2D eigenvalue weighted by Crippen LogP contribution is 2.45. The van der Waals surface area contributed by atoms with Gasteiger partial charge in [0.2, 0.25) is 6.43 Å². The molecule has 53 heavy (non-hydrogen) atoms. The standard InChI is InChI=1S/C35H37ClF6N8O3/c1-33(2,3)17-35(22-9-6-19(7-10-22)21-14-45-48(15-21)30(39)40)29(52)50(32(43)46-35)25(16-53-26(51)13-34(4,5)28(37)38)20-8-11-24(36)23(12-20)27-44-18-49(47-27)31(41)42/h6-12,14-15,18,25,28,30-31H,13,16-17H2,1-5H3,(H2,43,46)/t25-,35-/m1/s1. The number of amides is 1. The Kier molecular flexibility index (Phi) is 11.0. The zero-order valence-electron chi connectivity index (χ0n) is 29.3. The fraction of sp³-hybridized carbons (Fsp3) is 0.429. The van der Waals surface area contributed by atoms with Crippen LogP contribution in [0, 0.1) is 10.8 Å². The molecule has 0 saturated heterocycles. The SMILES string of the molecule is CC(C)(C)C[C@]1(c2ccc(-c3cnn(C(F)F)c3)cc2)N=C(N)N([C@H](COC(=O)CC(C)(C)C(F)F)c2ccc(Cl)c(-c3ncn(C(F)F)n3)c2)C1=O. The number of esters is 1. The summed E-state index contributed by atoms with van der Waals surface area (Å²) in [6, 6.07) is 9.64. The van der Waals surface area contributed by atoms with Gasteiger partial charge in [0.05, 0.1) is 23.7 Å². The Bertz CT molecular complexity index is 1990. The van der Waals surface area contributed by atoms with Crippen molar-refractivity contribution in [1.82, 2.24) is 29.4 Å². The lowest BCUT2D eigenvalue weighted by Crippen LogP contribution is -2.47. The third-order valence-electron chi connectivity index (χ3n) is 8.64. The molecule has 11 nitrogen and oxygen atoms in total. The molecule has 4 aromatic rings. The zero-order chi connectivity index (χ0) is 39.0. The molecule has 2 atom stereocenters. The number of carbonyl (C=O) groups is 2. The smallest absolute Gasteiger partial charge is 0.334 e. The summed E-state index contributed by atoms with van der Waals surface area (Å²) in [6.07, 6.45) is -0.0595. The van der Waals surface area contributed by atoms with Crippen molar-refractivity contribution >= 4 is 29.4 Å². The number of nitrogens with zero attached hydrogens (tertiary/aromatic N) is 7. The van der Waals surface area contributed by atoms with E-state index >= 15 is 0 Å². The van der Waals surface area contributed by atoms with Crippen LogP contribution in [0.2, 0.25) is 5.02 Å². The third kappa shape index (κ3) is 8.34. The Morgan fingerprint density at radius 1 is 0.962 bits per heavy atom. The minimum Gasteiger partial charge on any atom is -0.463 e. The fourth-order valence-electron chi connectivity index (χ4n) is 6.01. The molecule has 0 spiro atoms. The molecule has 18 heteroatoms. The van der Waals surface area contributed by atoms with Gasteiger partial charge in [-0.2, -0.15) is 27.3 Å². The molecular weight excluding hydrogens is 730 g/mol. The summed E-state index contributed by atoms with van der Waals surface area (Å²) >= 11 is 6.44. The van der Waals surface area contributed by atoms with Gasteiger partial charge in [0.1, 0.15) is 12.9 Å². The molecular formula is C35H37ClF6N8O3. The number of rotatable bonds is 13. The zero-order valence-corrected chi connectivity index (χ0v) is 30.0. The van der Waals surface area contributed by atoms with Gasteiger partial charge in [-0.1, -0.05) is 76.6 Å². The molecule has 1 aliphatic rings. The third-order valence-corrected chi connectivity index (χ3v) is 8.97. The van der Waals surface area contributed by atoms with Crippen LogP contribution in [0.4, 0.5) is 26.3 Å². The molecule has 284 valence electrons. The van der Waals surface area contributed by atoms with E-state index in [0.29, 0.717) is 26.1 Å². The van der Waals surface area contributed by atoms with Gasteiger partial charge >= 0.3 is 19.1 Å². The number of carbonyl (C=O) groups excluding carboxylic acids is 2. The summed E-state index contributed by atoms with van der Waals surface area (Å²) in [6.45, 7) is 1.71. The van der Waals surface area contributed by atoms with Gasteiger partial charge in [0, 0.05) is 22.7 Å². The number of alkyl halides is 6. The maximum Gasteiger partial charge on any atom is 0.334 e. The van der Waals surface area contributed by atoms with Crippen LogP contribution in [-0.2, 0) is 19.9 Å². The summed E-state index contributed by atoms with van der Waals surface area (Å²) in [5.74, 6) is -2.01. The number of aromatic nitrogens is 5. The van der Waals surface area contributed by atoms with E-state index in [-0.39, 0.29) is 34.4 Å².